The van der Waals surface area contributed by atoms with Gasteiger partial charge in [-0.05, 0) is 13.0 Å². The third kappa shape index (κ3) is 5.79. The van der Waals surface area contributed by atoms with Crippen molar-refractivity contribution in [1.29, 1.82) is 0 Å². The summed E-state index contributed by atoms with van der Waals surface area (Å²) in [4.78, 5) is 11.1. The Hall–Kier alpha value is -1.73. The highest BCUT2D eigenvalue weighted by Crippen LogP contribution is 2.11. The van der Waals surface area contributed by atoms with Gasteiger partial charge in [0.2, 0.25) is 0 Å². The van der Waals surface area contributed by atoms with Gasteiger partial charge in [-0.3, -0.25) is 4.68 Å². The average molecular weight is 250 g/mol. The van der Waals surface area contributed by atoms with Gasteiger partial charge in [-0.15, -0.1) is 0 Å². The summed E-state index contributed by atoms with van der Waals surface area (Å²) in [7, 11) is 0. The summed E-state index contributed by atoms with van der Waals surface area (Å²) in [6.07, 6.45) is -1.12. The first-order valence-electron chi connectivity index (χ1n) is 4.95. The van der Waals surface area contributed by atoms with Gasteiger partial charge >= 0.3 is 12.2 Å². The van der Waals surface area contributed by atoms with Crippen LogP contribution in [-0.4, -0.2) is 34.6 Å². The summed E-state index contributed by atoms with van der Waals surface area (Å²) in [5.41, 5.74) is 0. The van der Waals surface area contributed by atoms with Crippen molar-refractivity contribution in [2.45, 2.75) is 25.7 Å². The van der Waals surface area contributed by atoms with Gasteiger partial charge in [-0.25, -0.2) is 4.79 Å². The third-order valence-electron chi connectivity index (χ3n) is 1.85. The quantitative estimate of drug-likeness (QED) is 0.841. The maximum atomic E-state index is 11.8. The van der Waals surface area contributed by atoms with Crippen LogP contribution in [0.1, 0.15) is 6.92 Å². The van der Waals surface area contributed by atoms with Crippen LogP contribution < -0.4 is 10.6 Å². The van der Waals surface area contributed by atoms with E-state index < -0.39 is 18.8 Å². The number of urea groups is 1. The van der Waals surface area contributed by atoms with Crippen molar-refractivity contribution in [3.05, 3.63) is 18.5 Å². The highest BCUT2D eigenvalue weighted by Gasteiger charge is 2.27. The Labute approximate surface area is 96.0 Å². The Morgan fingerprint density at radius 3 is 2.76 bits per heavy atom. The van der Waals surface area contributed by atoms with Gasteiger partial charge < -0.3 is 10.6 Å². The number of hydrogen-bond donors (Lipinski definition) is 2. The molecule has 2 N–H and O–H groups in total. The minimum atomic E-state index is -4.40. The van der Waals surface area contributed by atoms with Crippen LogP contribution in [0.25, 0.3) is 0 Å². The second-order valence-electron chi connectivity index (χ2n) is 3.57. The van der Waals surface area contributed by atoms with E-state index in [0.717, 1.165) is 0 Å². The number of nitrogens with one attached hydrogen (secondary N) is 2. The summed E-state index contributed by atoms with van der Waals surface area (Å²) in [6, 6.07) is 0.557. The molecule has 0 aliphatic heterocycles. The van der Waals surface area contributed by atoms with Gasteiger partial charge in [0.25, 0.3) is 0 Å². The van der Waals surface area contributed by atoms with Gasteiger partial charge in [0.1, 0.15) is 6.54 Å². The number of alkyl halides is 3. The molecule has 17 heavy (non-hydrogen) atoms. The first-order valence-corrected chi connectivity index (χ1v) is 4.95. The lowest BCUT2D eigenvalue weighted by molar-refractivity contribution is -0.122. The molecule has 0 radical (unpaired) electrons. The summed E-state index contributed by atoms with van der Waals surface area (Å²) < 4.78 is 37.0. The number of amides is 2. The first kappa shape index (κ1) is 13.3. The molecule has 0 aliphatic rings. The van der Waals surface area contributed by atoms with Crippen molar-refractivity contribution in [3.8, 4) is 0 Å². The Bertz CT molecular complexity index is 350. The summed E-state index contributed by atoms with van der Waals surface area (Å²) >= 11 is 0. The number of rotatable bonds is 4. The summed E-state index contributed by atoms with van der Waals surface area (Å²) in [5.74, 6) is 0. The molecule has 5 nitrogen and oxygen atoms in total. The molecule has 0 saturated heterocycles. The molecule has 0 fully saturated rings. The van der Waals surface area contributed by atoms with Gasteiger partial charge in [0.05, 0.1) is 6.54 Å². The predicted octanol–water partition coefficient (Wildman–Crippen LogP) is 1.13. The SMILES string of the molecule is C[C@@H](Cn1cccn1)NC(=O)NCC(F)(F)F. The maximum Gasteiger partial charge on any atom is 0.405 e. The van der Waals surface area contributed by atoms with E-state index in [1.807, 2.05) is 0 Å². The largest absolute Gasteiger partial charge is 0.405 e. The molecule has 1 aromatic rings. The first-order chi connectivity index (χ1) is 7.87. The third-order valence-corrected chi connectivity index (χ3v) is 1.85. The van der Waals surface area contributed by atoms with E-state index in [9.17, 15) is 18.0 Å². The molecule has 0 aliphatic carbocycles. The van der Waals surface area contributed by atoms with Crippen LogP contribution in [0.4, 0.5) is 18.0 Å². The standard InChI is InChI=1S/C9H13F3N4O/c1-7(5-16-4-2-3-14-16)15-8(17)13-6-9(10,11)12/h2-4,7H,5-6H2,1H3,(H2,13,15,17)/t7-/m0/s1. The molecule has 0 saturated carbocycles. The molecule has 1 rings (SSSR count). The molecule has 1 atom stereocenters. The van der Waals surface area contributed by atoms with Crippen LogP contribution in [0.3, 0.4) is 0 Å². The van der Waals surface area contributed by atoms with Gasteiger partial charge in [-0.2, -0.15) is 18.3 Å². The number of carbonyl (C=O) groups is 1. The van der Waals surface area contributed by atoms with E-state index in [1.54, 1.807) is 35.4 Å². The van der Waals surface area contributed by atoms with Crippen molar-refractivity contribution in [3.63, 3.8) is 0 Å². The fourth-order valence-electron chi connectivity index (χ4n) is 1.19. The monoisotopic (exact) mass is 250 g/mol. The molecule has 0 spiro atoms. The molecule has 8 heteroatoms. The van der Waals surface area contributed by atoms with Crippen LogP contribution in [0.15, 0.2) is 18.5 Å². The highest BCUT2D eigenvalue weighted by atomic mass is 19.4. The van der Waals surface area contributed by atoms with E-state index in [4.69, 9.17) is 0 Å². The zero-order valence-corrected chi connectivity index (χ0v) is 9.16. The zero-order chi connectivity index (χ0) is 12.9. The molecular formula is C9H13F3N4O. The number of halogens is 3. The zero-order valence-electron chi connectivity index (χ0n) is 9.16. The Kier molecular flexibility index (Phi) is 4.36. The van der Waals surface area contributed by atoms with Crippen LogP contribution in [0.5, 0.6) is 0 Å². The molecule has 96 valence electrons. The van der Waals surface area contributed by atoms with E-state index in [0.29, 0.717) is 6.54 Å². The lowest BCUT2D eigenvalue weighted by Gasteiger charge is -2.15. The molecule has 2 amide bonds. The minimum absolute atomic E-state index is 0.317. The number of hydrogen-bond acceptors (Lipinski definition) is 2. The molecule has 0 unspecified atom stereocenters. The van der Waals surface area contributed by atoms with Crippen LogP contribution in [0, 0.1) is 0 Å². The minimum Gasteiger partial charge on any atom is -0.334 e. The van der Waals surface area contributed by atoms with Crippen molar-refractivity contribution in [2.24, 2.45) is 0 Å². The average Bonchev–Trinajstić information content (AvgIpc) is 2.66. The molecule has 1 heterocycles. The smallest absolute Gasteiger partial charge is 0.334 e. The van der Waals surface area contributed by atoms with Crippen LogP contribution in [-0.2, 0) is 6.54 Å². The van der Waals surface area contributed by atoms with Crippen molar-refractivity contribution in [2.75, 3.05) is 6.54 Å². The second-order valence-corrected chi connectivity index (χ2v) is 3.57. The van der Waals surface area contributed by atoms with E-state index in [1.165, 1.54) is 0 Å². The van der Waals surface area contributed by atoms with Gasteiger partial charge in [0.15, 0.2) is 0 Å². The van der Waals surface area contributed by atoms with Crippen molar-refractivity contribution in [1.82, 2.24) is 20.4 Å². The van der Waals surface area contributed by atoms with E-state index in [-0.39, 0.29) is 6.04 Å². The van der Waals surface area contributed by atoms with Gasteiger partial charge in [0, 0.05) is 18.4 Å². The Morgan fingerprint density at radius 2 is 2.24 bits per heavy atom. The molecular weight excluding hydrogens is 237 g/mol. The lowest BCUT2D eigenvalue weighted by atomic mass is 10.3. The number of carbonyl (C=O) groups excluding carboxylic acids is 1. The molecule has 1 aromatic heterocycles. The lowest BCUT2D eigenvalue weighted by Crippen LogP contribution is -2.45. The van der Waals surface area contributed by atoms with Crippen LogP contribution in [0.2, 0.25) is 0 Å². The molecule has 0 aromatic carbocycles. The highest BCUT2D eigenvalue weighted by molar-refractivity contribution is 5.74. The summed E-state index contributed by atoms with van der Waals surface area (Å²) in [5, 5.41) is 8.02. The van der Waals surface area contributed by atoms with Crippen LogP contribution >= 0.6 is 0 Å². The normalized spacial score (nSPS) is 13.2. The Balaban J connectivity index is 2.26. The van der Waals surface area contributed by atoms with Gasteiger partial charge in [-0.1, -0.05) is 0 Å². The van der Waals surface area contributed by atoms with Crippen molar-refractivity contribution >= 4 is 6.03 Å². The fourth-order valence-corrected chi connectivity index (χ4v) is 1.19. The number of nitrogens with zero attached hydrogens (tertiary/aromatic N) is 2. The van der Waals surface area contributed by atoms with Crippen molar-refractivity contribution < 1.29 is 18.0 Å². The topological polar surface area (TPSA) is 59.0 Å². The molecule has 0 bridgehead atoms. The fraction of sp³-hybridized carbons (Fsp3) is 0.556. The van der Waals surface area contributed by atoms with E-state index in [2.05, 4.69) is 10.4 Å². The second kappa shape index (κ2) is 5.55. The number of aromatic nitrogens is 2. The Morgan fingerprint density at radius 1 is 1.53 bits per heavy atom. The maximum absolute atomic E-state index is 11.8. The summed E-state index contributed by atoms with van der Waals surface area (Å²) in [6.45, 7) is 0.731. The van der Waals surface area contributed by atoms with E-state index >= 15 is 0 Å². The predicted molar refractivity (Wildman–Crippen MR) is 54.3 cm³/mol.